The summed E-state index contributed by atoms with van der Waals surface area (Å²) in [6.45, 7) is 8.74. The Morgan fingerprint density at radius 3 is 2.20 bits per heavy atom. The molecule has 0 aromatic heterocycles. The van der Waals surface area contributed by atoms with Crippen LogP contribution in [0.1, 0.15) is 40.5 Å². The van der Waals surface area contributed by atoms with E-state index < -0.39 is 0 Å². The van der Waals surface area contributed by atoms with Crippen LogP contribution in [0.3, 0.4) is 0 Å². The van der Waals surface area contributed by atoms with E-state index in [0.717, 1.165) is 6.42 Å². The fourth-order valence-electron chi connectivity index (χ4n) is 1.77. The van der Waals surface area contributed by atoms with Crippen LogP contribution in [0.4, 0.5) is 0 Å². The highest BCUT2D eigenvalue weighted by atomic mass is 16.4. The molecule has 0 amide bonds. The molecule has 0 aromatic carbocycles. The van der Waals surface area contributed by atoms with Crippen molar-refractivity contribution in [3.05, 3.63) is 0 Å². The van der Waals surface area contributed by atoms with Crippen molar-refractivity contribution in [3.63, 3.8) is 0 Å². The molecular weight excluding hydrogens is 190 g/mol. The number of rotatable bonds is 6. The first-order valence-electron chi connectivity index (χ1n) is 5.56. The third kappa shape index (κ3) is 5.62. The molecule has 0 spiro atoms. The van der Waals surface area contributed by atoms with Crippen LogP contribution in [0.15, 0.2) is 5.16 Å². The van der Waals surface area contributed by atoms with Crippen molar-refractivity contribution in [2.75, 3.05) is 7.05 Å². The van der Waals surface area contributed by atoms with E-state index in [9.17, 15) is 0 Å². The van der Waals surface area contributed by atoms with Crippen molar-refractivity contribution in [1.29, 1.82) is 0 Å². The van der Waals surface area contributed by atoms with Gasteiger partial charge in [0.25, 0.3) is 0 Å². The molecule has 15 heavy (non-hydrogen) atoms. The molecule has 0 aliphatic carbocycles. The molecule has 0 aliphatic heterocycles. The molecule has 0 saturated carbocycles. The summed E-state index contributed by atoms with van der Waals surface area (Å²) in [5.74, 6) is 0.990. The Morgan fingerprint density at radius 2 is 1.80 bits per heavy atom. The third-order valence-electron chi connectivity index (χ3n) is 2.84. The molecule has 0 aliphatic rings. The van der Waals surface area contributed by atoms with Crippen LogP contribution in [0, 0.1) is 5.92 Å². The molecule has 0 saturated heterocycles. The van der Waals surface area contributed by atoms with Crippen LogP contribution in [0.5, 0.6) is 0 Å². The van der Waals surface area contributed by atoms with Crippen LogP contribution in [-0.4, -0.2) is 35.1 Å². The lowest BCUT2D eigenvalue weighted by Gasteiger charge is -2.31. The van der Waals surface area contributed by atoms with Crippen molar-refractivity contribution in [2.24, 2.45) is 16.8 Å². The fraction of sp³-hybridized carbons (Fsp3) is 0.909. The van der Waals surface area contributed by atoms with E-state index in [4.69, 9.17) is 10.9 Å². The molecule has 3 N–H and O–H groups in total. The smallest absolute Gasteiger partial charge is 0.140 e. The highest BCUT2D eigenvalue weighted by molar-refractivity contribution is 5.80. The minimum atomic E-state index is 0.297. The number of hydrogen-bond donors (Lipinski definition) is 2. The lowest BCUT2D eigenvalue weighted by atomic mass is 10.0. The standard InChI is InChI=1S/C11H25N3O/c1-8(2)6-9(3)14(5)10(4)7-11(12)13-15/h8-10,15H,6-7H2,1-5H3,(H2,12,13). The molecule has 4 heteroatoms. The minimum absolute atomic E-state index is 0.297. The molecule has 0 radical (unpaired) electrons. The Morgan fingerprint density at radius 1 is 1.27 bits per heavy atom. The SMILES string of the molecule is CC(C)CC(C)N(C)C(C)CC(N)=NO. The van der Waals surface area contributed by atoms with Gasteiger partial charge in [-0.15, -0.1) is 0 Å². The Kier molecular flexibility index (Phi) is 6.32. The number of hydrogen-bond acceptors (Lipinski definition) is 3. The predicted molar refractivity (Wildman–Crippen MR) is 64.2 cm³/mol. The molecule has 2 atom stereocenters. The first kappa shape index (κ1) is 14.2. The summed E-state index contributed by atoms with van der Waals surface area (Å²) >= 11 is 0. The van der Waals surface area contributed by atoms with Gasteiger partial charge in [0.05, 0.1) is 0 Å². The van der Waals surface area contributed by atoms with E-state index in [2.05, 4.69) is 44.8 Å². The topological polar surface area (TPSA) is 61.8 Å². The fourth-order valence-corrected chi connectivity index (χ4v) is 1.77. The number of nitrogens with zero attached hydrogens (tertiary/aromatic N) is 2. The van der Waals surface area contributed by atoms with Gasteiger partial charge >= 0.3 is 0 Å². The molecule has 2 unspecified atom stereocenters. The second kappa shape index (κ2) is 6.67. The quantitative estimate of drug-likeness (QED) is 0.308. The highest BCUT2D eigenvalue weighted by Crippen LogP contribution is 2.13. The second-order valence-corrected chi connectivity index (χ2v) is 4.79. The summed E-state index contributed by atoms with van der Waals surface area (Å²) in [5.41, 5.74) is 5.49. The summed E-state index contributed by atoms with van der Waals surface area (Å²) in [5, 5.41) is 11.5. The van der Waals surface area contributed by atoms with E-state index in [-0.39, 0.29) is 0 Å². The molecule has 0 aromatic rings. The lowest BCUT2D eigenvalue weighted by Crippen LogP contribution is -2.39. The van der Waals surface area contributed by atoms with Gasteiger partial charge in [-0.1, -0.05) is 19.0 Å². The summed E-state index contributed by atoms with van der Waals surface area (Å²) in [6, 6.07) is 0.821. The van der Waals surface area contributed by atoms with Crippen molar-refractivity contribution in [2.45, 2.75) is 52.6 Å². The van der Waals surface area contributed by atoms with Crippen LogP contribution in [-0.2, 0) is 0 Å². The Hall–Kier alpha value is -0.770. The zero-order chi connectivity index (χ0) is 12.0. The number of nitrogens with two attached hydrogens (primary N) is 1. The summed E-state index contributed by atoms with van der Waals surface area (Å²) in [4.78, 5) is 2.28. The van der Waals surface area contributed by atoms with Gasteiger partial charge in [0.15, 0.2) is 0 Å². The van der Waals surface area contributed by atoms with Crippen LogP contribution < -0.4 is 5.73 Å². The van der Waals surface area contributed by atoms with Crippen LogP contribution in [0.2, 0.25) is 0 Å². The molecular formula is C11H25N3O. The average Bonchev–Trinajstić information content (AvgIpc) is 2.15. The van der Waals surface area contributed by atoms with Crippen LogP contribution in [0.25, 0.3) is 0 Å². The van der Waals surface area contributed by atoms with Crippen LogP contribution >= 0.6 is 0 Å². The maximum absolute atomic E-state index is 8.49. The zero-order valence-corrected chi connectivity index (χ0v) is 10.6. The van der Waals surface area contributed by atoms with Gasteiger partial charge in [-0.3, -0.25) is 0 Å². The summed E-state index contributed by atoms with van der Waals surface area (Å²) in [6.07, 6.45) is 1.77. The average molecular weight is 215 g/mol. The Balaban J connectivity index is 4.12. The van der Waals surface area contributed by atoms with E-state index in [0.29, 0.717) is 30.3 Å². The molecule has 0 bridgehead atoms. The van der Waals surface area contributed by atoms with Gasteiger partial charge < -0.3 is 15.8 Å². The first-order chi connectivity index (χ1) is 6.88. The molecule has 0 fully saturated rings. The molecule has 0 rings (SSSR count). The monoisotopic (exact) mass is 215 g/mol. The van der Waals surface area contributed by atoms with E-state index in [1.807, 2.05) is 0 Å². The normalized spacial score (nSPS) is 17.1. The molecule has 4 nitrogen and oxygen atoms in total. The molecule has 90 valence electrons. The first-order valence-corrected chi connectivity index (χ1v) is 5.56. The predicted octanol–water partition coefficient (Wildman–Crippen LogP) is 1.88. The summed E-state index contributed by atoms with van der Waals surface area (Å²) in [7, 11) is 2.09. The largest absolute Gasteiger partial charge is 0.409 e. The van der Waals surface area contributed by atoms with Gasteiger partial charge in [0.1, 0.15) is 5.84 Å². The van der Waals surface area contributed by atoms with Gasteiger partial charge in [-0.25, -0.2) is 0 Å². The van der Waals surface area contributed by atoms with E-state index in [1.54, 1.807) is 0 Å². The Bertz CT molecular complexity index is 204. The highest BCUT2D eigenvalue weighted by Gasteiger charge is 2.17. The van der Waals surface area contributed by atoms with Crippen molar-refractivity contribution in [1.82, 2.24) is 4.90 Å². The number of amidine groups is 1. The maximum Gasteiger partial charge on any atom is 0.140 e. The Labute approximate surface area is 93.1 Å². The maximum atomic E-state index is 8.49. The van der Waals surface area contributed by atoms with E-state index in [1.165, 1.54) is 0 Å². The van der Waals surface area contributed by atoms with Gasteiger partial charge in [0, 0.05) is 18.5 Å². The van der Waals surface area contributed by atoms with Crippen molar-refractivity contribution >= 4 is 5.84 Å². The second-order valence-electron chi connectivity index (χ2n) is 4.79. The third-order valence-corrected chi connectivity index (χ3v) is 2.84. The lowest BCUT2D eigenvalue weighted by molar-refractivity contribution is 0.177. The molecule has 0 heterocycles. The van der Waals surface area contributed by atoms with Crippen molar-refractivity contribution in [3.8, 4) is 0 Å². The minimum Gasteiger partial charge on any atom is -0.409 e. The van der Waals surface area contributed by atoms with Gasteiger partial charge in [-0.2, -0.15) is 0 Å². The van der Waals surface area contributed by atoms with Gasteiger partial charge in [0.2, 0.25) is 0 Å². The van der Waals surface area contributed by atoms with Gasteiger partial charge in [-0.05, 0) is 33.2 Å². The van der Waals surface area contributed by atoms with E-state index >= 15 is 0 Å². The zero-order valence-electron chi connectivity index (χ0n) is 10.6. The van der Waals surface area contributed by atoms with Crippen molar-refractivity contribution < 1.29 is 5.21 Å². The summed E-state index contributed by atoms with van der Waals surface area (Å²) < 4.78 is 0. The number of oxime groups is 1.